The van der Waals surface area contributed by atoms with Gasteiger partial charge in [-0.2, -0.15) is 0 Å². The van der Waals surface area contributed by atoms with Crippen molar-refractivity contribution in [1.82, 2.24) is 20.3 Å². The second kappa shape index (κ2) is 6.15. The molecule has 1 amide bonds. The van der Waals surface area contributed by atoms with Gasteiger partial charge in [-0.3, -0.25) is 4.79 Å². The fourth-order valence-corrected chi connectivity index (χ4v) is 2.36. The van der Waals surface area contributed by atoms with E-state index in [1.54, 1.807) is 28.9 Å². The molecule has 22 heavy (non-hydrogen) atoms. The van der Waals surface area contributed by atoms with Gasteiger partial charge in [0.2, 0.25) is 0 Å². The Kier molecular flexibility index (Phi) is 4.06. The van der Waals surface area contributed by atoms with Crippen LogP contribution in [-0.4, -0.2) is 20.9 Å². The summed E-state index contributed by atoms with van der Waals surface area (Å²) in [6, 6.07) is 12.8. The van der Waals surface area contributed by atoms with Crippen molar-refractivity contribution in [2.45, 2.75) is 20.0 Å². The minimum absolute atomic E-state index is 0.136. The maximum Gasteiger partial charge on any atom is 0.251 e. The summed E-state index contributed by atoms with van der Waals surface area (Å²) in [5.74, 6) is -0.136. The fourth-order valence-electron chi connectivity index (χ4n) is 2.23. The number of rotatable bonds is 4. The highest BCUT2D eigenvalue weighted by Gasteiger charge is 2.09. The average Bonchev–Trinajstić information content (AvgIpc) is 2.96. The first kappa shape index (κ1) is 14.5. The number of aromatic nitrogens is 3. The molecule has 112 valence electrons. The van der Waals surface area contributed by atoms with Crippen LogP contribution >= 0.6 is 11.6 Å². The summed E-state index contributed by atoms with van der Waals surface area (Å²) in [6.45, 7) is 3.20. The van der Waals surface area contributed by atoms with Gasteiger partial charge in [0.1, 0.15) is 5.52 Å². The summed E-state index contributed by atoms with van der Waals surface area (Å²) in [5, 5.41) is 11.7. The zero-order chi connectivity index (χ0) is 15.5. The van der Waals surface area contributed by atoms with Crippen molar-refractivity contribution in [2.75, 3.05) is 0 Å². The number of hydrogen-bond acceptors (Lipinski definition) is 3. The lowest BCUT2D eigenvalue weighted by Gasteiger charge is -2.06. The van der Waals surface area contributed by atoms with Gasteiger partial charge in [-0.05, 0) is 42.8 Å². The highest BCUT2D eigenvalue weighted by Crippen LogP contribution is 2.14. The molecule has 0 unspecified atom stereocenters. The van der Waals surface area contributed by atoms with E-state index in [1.807, 2.05) is 25.1 Å². The van der Waals surface area contributed by atoms with Crippen molar-refractivity contribution in [2.24, 2.45) is 0 Å². The number of benzene rings is 2. The molecule has 0 aliphatic heterocycles. The second-order valence-electron chi connectivity index (χ2n) is 4.92. The first-order chi connectivity index (χ1) is 10.7. The topological polar surface area (TPSA) is 59.8 Å². The Balaban J connectivity index is 1.73. The summed E-state index contributed by atoms with van der Waals surface area (Å²) < 4.78 is 1.80. The molecular weight excluding hydrogens is 300 g/mol. The Hall–Kier alpha value is -2.40. The summed E-state index contributed by atoms with van der Waals surface area (Å²) in [4.78, 5) is 12.2. The van der Waals surface area contributed by atoms with Crippen molar-refractivity contribution in [1.29, 1.82) is 0 Å². The molecule has 3 rings (SSSR count). The second-order valence-corrected chi connectivity index (χ2v) is 5.35. The number of fused-ring (bicyclic) bond motifs is 1. The zero-order valence-corrected chi connectivity index (χ0v) is 12.8. The molecule has 0 aliphatic rings. The van der Waals surface area contributed by atoms with Crippen LogP contribution in [0.1, 0.15) is 22.8 Å². The molecule has 0 saturated heterocycles. The van der Waals surface area contributed by atoms with E-state index in [0.29, 0.717) is 17.1 Å². The average molecular weight is 315 g/mol. The third-order valence-electron chi connectivity index (χ3n) is 3.44. The monoisotopic (exact) mass is 314 g/mol. The third-order valence-corrected chi connectivity index (χ3v) is 3.69. The van der Waals surface area contributed by atoms with Crippen LogP contribution in [-0.2, 0) is 13.1 Å². The largest absolute Gasteiger partial charge is 0.348 e. The Morgan fingerprint density at radius 1 is 1.23 bits per heavy atom. The smallest absolute Gasteiger partial charge is 0.251 e. The Morgan fingerprint density at radius 3 is 2.73 bits per heavy atom. The van der Waals surface area contributed by atoms with E-state index in [1.165, 1.54) is 0 Å². The molecule has 1 aromatic heterocycles. The van der Waals surface area contributed by atoms with Crippen molar-refractivity contribution >= 4 is 28.5 Å². The number of halogens is 1. The lowest BCUT2D eigenvalue weighted by Crippen LogP contribution is -2.22. The van der Waals surface area contributed by atoms with Crippen molar-refractivity contribution in [3.63, 3.8) is 0 Å². The van der Waals surface area contributed by atoms with Crippen LogP contribution < -0.4 is 5.32 Å². The lowest BCUT2D eigenvalue weighted by atomic mass is 10.1. The maximum atomic E-state index is 12.2. The van der Waals surface area contributed by atoms with Crippen molar-refractivity contribution in [3.05, 3.63) is 58.6 Å². The Morgan fingerprint density at radius 2 is 2.00 bits per heavy atom. The molecular formula is C16H15ClN4O. The number of amides is 1. The van der Waals surface area contributed by atoms with E-state index in [9.17, 15) is 4.79 Å². The van der Waals surface area contributed by atoms with Crippen LogP contribution in [0.3, 0.4) is 0 Å². The van der Waals surface area contributed by atoms with Gasteiger partial charge in [-0.1, -0.05) is 28.9 Å². The normalized spacial score (nSPS) is 10.8. The van der Waals surface area contributed by atoms with E-state index >= 15 is 0 Å². The molecule has 5 nitrogen and oxygen atoms in total. The van der Waals surface area contributed by atoms with Gasteiger partial charge in [-0.25, -0.2) is 4.68 Å². The van der Waals surface area contributed by atoms with Crippen LogP contribution in [0.4, 0.5) is 0 Å². The van der Waals surface area contributed by atoms with Crippen LogP contribution in [0.25, 0.3) is 11.0 Å². The number of carbonyl (C=O) groups is 1. The van der Waals surface area contributed by atoms with Crippen molar-refractivity contribution in [3.8, 4) is 0 Å². The molecule has 0 bridgehead atoms. The standard InChI is InChI=1S/C16H15ClN4O/c1-2-21-15-8-5-12(9-14(15)19-20-21)16(22)18-10-11-3-6-13(17)7-4-11/h3-9H,2,10H2,1H3,(H,18,22). The van der Waals surface area contributed by atoms with Crippen molar-refractivity contribution < 1.29 is 4.79 Å². The van der Waals surface area contributed by atoms with Gasteiger partial charge in [0.25, 0.3) is 5.91 Å². The van der Waals surface area contributed by atoms with Gasteiger partial charge in [0.05, 0.1) is 5.52 Å². The van der Waals surface area contributed by atoms with E-state index in [4.69, 9.17) is 11.6 Å². The maximum absolute atomic E-state index is 12.2. The molecule has 0 radical (unpaired) electrons. The molecule has 0 spiro atoms. The SMILES string of the molecule is CCn1nnc2cc(C(=O)NCc3ccc(Cl)cc3)ccc21. The van der Waals surface area contributed by atoms with Crippen LogP contribution in [0.5, 0.6) is 0 Å². The van der Waals surface area contributed by atoms with E-state index in [2.05, 4.69) is 15.6 Å². The number of nitrogens with one attached hydrogen (secondary N) is 1. The number of aryl methyl sites for hydroxylation is 1. The molecule has 6 heteroatoms. The fraction of sp³-hybridized carbons (Fsp3) is 0.188. The predicted molar refractivity (Wildman–Crippen MR) is 85.8 cm³/mol. The summed E-state index contributed by atoms with van der Waals surface area (Å²) in [6.07, 6.45) is 0. The van der Waals surface area contributed by atoms with Crippen LogP contribution in [0.2, 0.25) is 5.02 Å². The molecule has 3 aromatic rings. The molecule has 1 N–H and O–H groups in total. The molecule has 2 aromatic carbocycles. The van der Waals surface area contributed by atoms with Gasteiger partial charge in [0, 0.05) is 23.7 Å². The highest BCUT2D eigenvalue weighted by atomic mass is 35.5. The van der Waals surface area contributed by atoms with Gasteiger partial charge < -0.3 is 5.32 Å². The Bertz CT molecular complexity index is 811. The number of nitrogens with zero attached hydrogens (tertiary/aromatic N) is 3. The molecule has 0 atom stereocenters. The minimum atomic E-state index is -0.136. The first-order valence-corrected chi connectivity index (χ1v) is 7.41. The third kappa shape index (κ3) is 2.94. The Labute approximate surface area is 132 Å². The summed E-state index contributed by atoms with van der Waals surface area (Å²) >= 11 is 5.84. The predicted octanol–water partition coefficient (Wildman–Crippen LogP) is 3.03. The molecule has 0 aliphatic carbocycles. The van der Waals surface area contributed by atoms with E-state index < -0.39 is 0 Å². The van der Waals surface area contributed by atoms with Gasteiger partial charge in [-0.15, -0.1) is 5.10 Å². The number of carbonyl (C=O) groups excluding carboxylic acids is 1. The molecule has 0 saturated carbocycles. The lowest BCUT2D eigenvalue weighted by molar-refractivity contribution is 0.0951. The van der Waals surface area contributed by atoms with E-state index in [0.717, 1.165) is 23.1 Å². The van der Waals surface area contributed by atoms with Crippen LogP contribution in [0, 0.1) is 0 Å². The first-order valence-electron chi connectivity index (χ1n) is 7.03. The molecule has 1 heterocycles. The summed E-state index contributed by atoms with van der Waals surface area (Å²) in [5.41, 5.74) is 3.22. The number of hydrogen-bond donors (Lipinski definition) is 1. The van der Waals surface area contributed by atoms with E-state index in [-0.39, 0.29) is 5.91 Å². The summed E-state index contributed by atoms with van der Waals surface area (Å²) in [7, 11) is 0. The van der Waals surface area contributed by atoms with Gasteiger partial charge in [0.15, 0.2) is 0 Å². The van der Waals surface area contributed by atoms with Crippen LogP contribution in [0.15, 0.2) is 42.5 Å². The van der Waals surface area contributed by atoms with Gasteiger partial charge >= 0.3 is 0 Å². The zero-order valence-electron chi connectivity index (χ0n) is 12.1. The quantitative estimate of drug-likeness (QED) is 0.805. The highest BCUT2D eigenvalue weighted by molar-refractivity contribution is 6.30. The molecule has 0 fully saturated rings. The minimum Gasteiger partial charge on any atom is -0.348 e.